The summed E-state index contributed by atoms with van der Waals surface area (Å²) >= 11 is 0. The van der Waals surface area contributed by atoms with Crippen molar-refractivity contribution in [3.8, 4) is 0 Å². The molecule has 1 fully saturated rings. The van der Waals surface area contributed by atoms with Gasteiger partial charge < -0.3 is 5.73 Å². The highest BCUT2D eigenvalue weighted by Crippen LogP contribution is 2.29. The van der Waals surface area contributed by atoms with Crippen molar-refractivity contribution in [2.45, 2.75) is 37.6 Å². The van der Waals surface area contributed by atoms with Gasteiger partial charge in [0.2, 0.25) is 10.0 Å². The number of nitrogens with one attached hydrogen (secondary N) is 1. The third kappa shape index (κ3) is 4.53. The molecule has 3 N–H and O–H groups in total. The topological polar surface area (TPSA) is 72.2 Å². The van der Waals surface area contributed by atoms with E-state index < -0.39 is 22.2 Å². The quantitative estimate of drug-likeness (QED) is 0.758. The van der Waals surface area contributed by atoms with E-state index in [-0.39, 0.29) is 24.6 Å². The van der Waals surface area contributed by atoms with Crippen molar-refractivity contribution in [1.29, 1.82) is 0 Å². The maximum atomic E-state index is 11.9. The number of sulfonamides is 1. The van der Waals surface area contributed by atoms with Gasteiger partial charge in [0, 0.05) is 12.1 Å². The Morgan fingerprint density at radius 3 is 2.31 bits per heavy atom. The molecule has 0 spiro atoms. The smallest absolute Gasteiger partial charge is 0.212 e. The summed E-state index contributed by atoms with van der Waals surface area (Å²) in [6.07, 6.45) is 3.64. The van der Waals surface area contributed by atoms with Crippen LogP contribution in [0.5, 0.6) is 0 Å². The molecule has 1 aliphatic carbocycles. The molecule has 0 aromatic carbocycles. The predicted molar refractivity (Wildman–Crippen MR) is 65.0 cm³/mol. The monoisotopic (exact) mass is 274 g/mol. The first-order valence-corrected chi connectivity index (χ1v) is 6.96. The number of alkyl halides is 1. The number of halogens is 2. The lowest BCUT2D eigenvalue weighted by Gasteiger charge is -2.28. The van der Waals surface area contributed by atoms with Gasteiger partial charge in [-0.25, -0.2) is 13.1 Å². The van der Waals surface area contributed by atoms with Crippen molar-refractivity contribution in [3.05, 3.63) is 0 Å². The number of hydrogen-bond donors (Lipinski definition) is 2. The Morgan fingerprint density at radius 2 is 1.88 bits per heavy atom. The predicted octanol–water partition coefficient (Wildman–Crippen LogP) is 0.959. The average Bonchev–Trinajstić information content (AvgIpc) is 2.63. The van der Waals surface area contributed by atoms with Gasteiger partial charge in [-0.1, -0.05) is 12.8 Å². The van der Waals surface area contributed by atoms with Crippen molar-refractivity contribution < 1.29 is 12.8 Å². The molecular formula is C9H20ClFN2O2S. The van der Waals surface area contributed by atoms with Gasteiger partial charge in [-0.05, 0) is 19.3 Å². The van der Waals surface area contributed by atoms with Gasteiger partial charge in [0.05, 0.1) is 12.4 Å². The summed E-state index contributed by atoms with van der Waals surface area (Å²) in [7, 11) is -3.37. The van der Waals surface area contributed by atoms with Crippen LogP contribution in [0.3, 0.4) is 0 Å². The molecule has 0 aromatic rings. The highest BCUT2D eigenvalue weighted by atomic mass is 35.5. The number of nitrogens with two attached hydrogens (primary N) is 1. The average molecular weight is 275 g/mol. The molecule has 0 radical (unpaired) electrons. The van der Waals surface area contributed by atoms with Crippen LogP contribution in [0.1, 0.15) is 32.1 Å². The van der Waals surface area contributed by atoms with Crippen LogP contribution in [0.4, 0.5) is 4.39 Å². The normalized spacial score (nSPS) is 19.4. The van der Waals surface area contributed by atoms with E-state index >= 15 is 0 Å². The Bertz CT molecular complexity index is 292. The molecule has 0 saturated heterocycles. The summed E-state index contributed by atoms with van der Waals surface area (Å²) in [5.74, 6) is -0.148. The van der Waals surface area contributed by atoms with Gasteiger partial charge >= 0.3 is 0 Å². The fourth-order valence-electron chi connectivity index (χ4n) is 2.03. The van der Waals surface area contributed by atoms with E-state index in [0.29, 0.717) is 6.54 Å². The second-order valence-electron chi connectivity index (χ2n) is 4.16. The molecule has 0 bridgehead atoms. The summed E-state index contributed by atoms with van der Waals surface area (Å²) in [5, 5.41) is 0. The largest absolute Gasteiger partial charge is 0.329 e. The summed E-state index contributed by atoms with van der Waals surface area (Å²) in [4.78, 5) is 0. The van der Waals surface area contributed by atoms with Gasteiger partial charge in [-0.2, -0.15) is 0 Å². The highest BCUT2D eigenvalue weighted by molar-refractivity contribution is 7.89. The van der Waals surface area contributed by atoms with Gasteiger partial charge in [0.15, 0.2) is 0 Å². The molecule has 98 valence electrons. The molecule has 4 nitrogen and oxygen atoms in total. The van der Waals surface area contributed by atoms with E-state index in [0.717, 1.165) is 25.7 Å². The number of rotatable bonds is 6. The van der Waals surface area contributed by atoms with Crippen LogP contribution in [-0.2, 0) is 10.0 Å². The Balaban J connectivity index is 0.00000225. The van der Waals surface area contributed by atoms with Crippen molar-refractivity contribution in [3.63, 3.8) is 0 Å². The molecular weight excluding hydrogens is 255 g/mol. The maximum Gasteiger partial charge on any atom is 0.212 e. The Kier molecular flexibility index (Phi) is 6.77. The lowest BCUT2D eigenvalue weighted by atomic mass is 10.0. The zero-order valence-corrected chi connectivity index (χ0v) is 10.9. The van der Waals surface area contributed by atoms with Gasteiger partial charge in [0.25, 0.3) is 0 Å². The van der Waals surface area contributed by atoms with E-state index in [4.69, 9.17) is 5.73 Å². The van der Waals surface area contributed by atoms with Crippen LogP contribution < -0.4 is 10.5 Å². The van der Waals surface area contributed by atoms with Crippen LogP contribution in [-0.4, -0.2) is 32.9 Å². The van der Waals surface area contributed by atoms with Gasteiger partial charge in [-0.3, -0.25) is 4.39 Å². The van der Waals surface area contributed by atoms with Crippen LogP contribution in [0.2, 0.25) is 0 Å². The van der Waals surface area contributed by atoms with E-state index in [2.05, 4.69) is 4.72 Å². The fourth-order valence-corrected chi connectivity index (χ4v) is 3.56. The Morgan fingerprint density at radius 1 is 1.31 bits per heavy atom. The lowest BCUT2D eigenvalue weighted by Crippen LogP contribution is -2.52. The zero-order chi connectivity index (χ0) is 11.4. The minimum atomic E-state index is -3.37. The second-order valence-corrected chi connectivity index (χ2v) is 6.00. The third-order valence-corrected chi connectivity index (χ3v) is 4.44. The van der Waals surface area contributed by atoms with Crippen molar-refractivity contribution >= 4 is 22.4 Å². The minimum Gasteiger partial charge on any atom is -0.329 e. The molecule has 0 aliphatic heterocycles. The SMILES string of the molecule is Cl.NCC1(NS(=O)(=O)CCCF)CCCC1. The first-order valence-electron chi connectivity index (χ1n) is 5.31. The highest BCUT2D eigenvalue weighted by Gasteiger charge is 2.35. The molecule has 1 saturated carbocycles. The van der Waals surface area contributed by atoms with Crippen LogP contribution in [0, 0.1) is 0 Å². The summed E-state index contributed by atoms with van der Waals surface area (Å²) in [6.45, 7) is -0.279. The lowest BCUT2D eigenvalue weighted by molar-refractivity contribution is 0.397. The summed E-state index contributed by atoms with van der Waals surface area (Å²) in [6, 6.07) is 0. The Labute approximate surface area is 103 Å². The van der Waals surface area contributed by atoms with Crippen molar-refractivity contribution in [2.24, 2.45) is 5.73 Å². The van der Waals surface area contributed by atoms with E-state index in [1.165, 1.54) is 0 Å². The molecule has 0 aromatic heterocycles. The first kappa shape index (κ1) is 16.1. The van der Waals surface area contributed by atoms with Crippen molar-refractivity contribution in [1.82, 2.24) is 4.72 Å². The first-order chi connectivity index (χ1) is 7.04. The van der Waals surface area contributed by atoms with E-state index in [9.17, 15) is 12.8 Å². The third-order valence-electron chi connectivity index (χ3n) is 2.87. The molecule has 0 atom stereocenters. The van der Waals surface area contributed by atoms with Crippen LogP contribution in [0.15, 0.2) is 0 Å². The second kappa shape index (κ2) is 6.74. The molecule has 1 aliphatic rings. The molecule has 0 heterocycles. The number of hydrogen-bond acceptors (Lipinski definition) is 3. The zero-order valence-electron chi connectivity index (χ0n) is 9.25. The standard InChI is InChI=1S/C9H19FN2O2S.ClH/c10-6-3-7-15(13,14)12-9(8-11)4-1-2-5-9;/h12H,1-8,11H2;1H. The van der Waals surface area contributed by atoms with Gasteiger partial charge in [-0.15, -0.1) is 12.4 Å². The molecule has 0 amide bonds. The van der Waals surface area contributed by atoms with Crippen molar-refractivity contribution in [2.75, 3.05) is 19.0 Å². The van der Waals surface area contributed by atoms with Crippen LogP contribution in [0.25, 0.3) is 0 Å². The van der Waals surface area contributed by atoms with Gasteiger partial charge in [0.1, 0.15) is 0 Å². The maximum absolute atomic E-state index is 11.9. The van der Waals surface area contributed by atoms with Crippen LogP contribution >= 0.6 is 12.4 Å². The molecule has 0 unspecified atom stereocenters. The molecule has 16 heavy (non-hydrogen) atoms. The van der Waals surface area contributed by atoms with E-state index in [1.54, 1.807) is 0 Å². The van der Waals surface area contributed by atoms with E-state index in [1.807, 2.05) is 0 Å². The summed E-state index contributed by atoms with van der Waals surface area (Å²) in [5.41, 5.74) is 5.14. The molecule has 7 heteroatoms. The molecule has 1 rings (SSSR count). The fraction of sp³-hybridized carbons (Fsp3) is 1.00. The minimum absolute atomic E-state index is 0. The summed E-state index contributed by atoms with van der Waals surface area (Å²) < 4.78 is 37.7. The Hall–Kier alpha value is 0.0900.